The third-order valence-electron chi connectivity index (χ3n) is 5.44. The molecular formula is C22H24N2O3S2. The van der Waals surface area contributed by atoms with Gasteiger partial charge in [0.05, 0.1) is 17.5 Å². The topological polar surface area (TPSA) is 66.8 Å². The molecule has 2 aromatic rings. The van der Waals surface area contributed by atoms with Gasteiger partial charge in [-0.3, -0.25) is 4.79 Å². The molecule has 0 unspecified atom stereocenters. The fraction of sp³-hybridized carbons (Fsp3) is 0.364. The molecule has 7 heteroatoms. The number of amidine groups is 1. The van der Waals surface area contributed by atoms with E-state index in [1.807, 2.05) is 67.3 Å². The van der Waals surface area contributed by atoms with Gasteiger partial charge in [0.15, 0.2) is 15.0 Å². The fourth-order valence-electron chi connectivity index (χ4n) is 4.07. The van der Waals surface area contributed by atoms with Gasteiger partial charge in [0, 0.05) is 17.4 Å². The monoisotopic (exact) mass is 428 g/mol. The van der Waals surface area contributed by atoms with Gasteiger partial charge >= 0.3 is 0 Å². The molecule has 5 nitrogen and oxygen atoms in total. The Morgan fingerprint density at radius 1 is 1.07 bits per heavy atom. The van der Waals surface area contributed by atoms with Crippen molar-refractivity contribution in [1.82, 2.24) is 0 Å². The van der Waals surface area contributed by atoms with Gasteiger partial charge in [0.25, 0.3) is 0 Å². The Balaban J connectivity index is 1.63. The Hall–Kier alpha value is -2.12. The van der Waals surface area contributed by atoms with Crippen molar-refractivity contribution in [2.24, 2.45) is 4.99 Å². The maximum atomic E-state index is 12.6. The molecular weight excluding hydrogens is 404 g/mol. The van der Waals surface area contributed by atoms with Crippen LogP contribution in [0.4, 0.5) is 5.69 Å². The number of para-hydroxylation sites is 1. The quantitative estimate of drug-likeness (QED) is 0.745. The van der Waals surface area contributed by atoms with E-state index in [4.69, 9.17) is 0 Å². The minimum Gasteiger partial charge on any atom is -0.315 e. The summed E-state index contributed by atoms with van der Waals surface area (Å²) >= 11 is 1.43. The van der Waals surface area contributed by atoms with Crippen molar-refractivity contribution >= 4 is 38.4 Å². The molecule has 0 bridgehead atoms. The number of anilines is 1. The second kappa shape index (κ2) is 7.95. The lowest BCUT2D eigenvalue weighted by Crippen LogP contribution is -2.38. The van der Waals surface area contributed by atoms with E-state index in [0.717, 1.165) is 22.4 Å². The van der Waals surface area contributed by atoms with Crippen LogP contribution in [0.25, 0.3) is 0 Å². The van der Waals surface area contributed by atoms with E-state index in [1.54, 1.807) is 0 Å². The highest BCUT2D eigenvalue weighted by Crippen LogP contribution is 2.43. The molecule has 1 amide bonds. The summed E-state index contributed by atoms with van der Waals surface area (Å²) in [5.41, 5.74) is 4.19. The Morgan fingerprint density at radius 3 is 2.45 bits per heavy atom. The zero-order valence-electron chi connectivity index (χ0n) is 16.5. The second-order valence-electron chi connectivity index (χ2n) is 7.68. The second-order valence-corrected chi connectivity index (χ2v) is 11.0. The summed E-state index contributed by atoms with van der Waals surface area (Å²) in [5.74, 6) is 0.0758. The van der Waals surface area contributed by atoms with Crippen LogP contribution < -0.4 is 4.90 Å². The smallest absolute Gasteiger partial charge is 0.248 e. The van der Waals surface area contributed by atoms with Gasteiger partial charge < -0.3 is 4.90 Å². The zero-order chi connectivity index (χ0) is 20.6. The van der Waals surface area contributed by atoms with Gasteiger partial charge in [-0.15, -0.1) is 0 Å². The number of hydrogen-bond donors (Lipinski definition) is 0. The molecule has 2 aliphatic rings. The van der Waals surface area contributed by atoms with E-state index < -0.39 is 9.84 Å². The molecule has 2 fully saturated rings. The van der Waals surface area contributed by atoms with Crippen LogP contribution in [0.2, 0.25) is 0 Å². The minimum absolute atomic E-state index is 0.0836. The Labute approximate surface area is 176 Å². The Bertz CT molecular complexity index is 1040. The third kappa shape index (κ3) is 4.26. The van der Waals surface area contributed by atoms with Gasteiger partial charge in [-0.1, -0.05) is 60.3 Å². The Kier molecular flexibility index (Phi) is 5.53. The van der Waals surface area contributed by atoms with Gasteiger partial charge in [-0.25, -0.2) is 8.42 Å². The maximum absolute atomic E-state index is 12.6. The van der Waals surface area contributed by atoms with Crippen LogP contribution >= 0.6 is 11.8 Å². The lowest BCUT2D eigenvalue weighted by atomic mass is 10.1. The van der Waals surface area contributed by atoms with Gasteiger partial charge in [-0.05, 0) is 37.0 Å². The number of rotatable bonds is 4. The maximum Gasteiger partial charge on any atom is 0.248 e. The zero-order valence-corrected chi connectivity index (χ0v) is 18.2. The van der Waals surface area contributed by atoms with Gasteiger partial charge in [0.1, 0.15) is 0 Å². The van der Waals surface area contributed by atoms with Crippen LogP contribution in [-0.2, 0) is 21.1 Å². The summed E-state index contributed by atoms with van der Waals surface area (Å²) in [4.78, 5) is 19.1. The summed E-state index contributed by atoms with van der Waals surface area (Å²) in [7, 11) is -3.07. The van der Waals surface area contributed by atoms with E-state index in [2.05, 4.69) is 4.99 Å². The van der Waals surface area contributed by atoms with Crippen LogP contribution in [0.15, 0.2) is 53.5 Å². The number of aryl methyl sites for hydroxylation is 3. The molecule has 2 heterocycles. The van der Waals surface area contributed by atoms with Crippen molar-refractivity contribution in [3.63, 3.8) is 0 Å². The molecule has 2 aromatic carbocycles. The Morgan fingerprint density at radius 2 is 1.76 bits per heavy atom. The molecule has 0 aliphatic carbocycles. The highest BCUT2D eigenvalue weighted by Gasteiger charge is 2.49. The summed E-state index contributed by atoms with van der Waals surface area (Å²) in [6.07, 6.45) is 0.980. The van der Waals surface area contributed by atoms with Crippen molar-refractivity contribution in [1.29, 1.82) is 0 Å². The summed E-state index contributed by atoms with van der Waals surface area (Å²) in [6.45, 7) is 4.03. The molecule has 4 rings (SSSR count). The number of aliphatic imine (C=N–C) groups is 1. The number of nitrogens with zero attached hydrogens (tertiary/aromatic N) is 2. The number of thioether (sulfide) groups is 1. The van der Waals surface area contributed by atoms with E-state index in [-0.39, 0.29) is 28.7 Å². The molecule has 0 saturated carbocycles. The predicted molar refractivity (Wildman–Crippen MR) is 119 cm³/mol. The van der Waals surface area contributed by atoms with Crippen LogP contribution in [0.1, 0.15) is 23.1 Å². The molecule has 0 radical (unpaired) electrons. The van der Waals surface area contributed by atoms with Crippen molar-refractivity contribution in [2.75, 3.05) is 16.4 Å². The highest BCUT2D eigenvalue weighted by molar-refractivity contribution is 8.16. The van der Waals surface area contributed by atoms with E-state index in [9.17, 15) is 13.2 Å². The number of carbonyl (C=O) groups is 1. The standard InChI is InChI=1S/C22H24N2O3S2/c1-15-7-6-8-16(2)21(15)24-18-13-29(26,27)14-19(18)28-22(24)23-20(25)12-11-17-9-4-3-5-10-17/h3-10,18-19H,11-14H2,1-2H3/t18-,19+/m0/s1. The van der Waals surface area contributed by atoms with E-state index in [0.29, 0.717) is 18.0 Å². The van der Waals surface area contributed by atoms with E-state index >= 15 is 0 Å². The molecule has 2 saturated heterocycles. The number of fused-ring (bicyclic) bond motifs is 1. The first-order valence-corrected chi connectivity index (χ1v) is 12.4. The number of hydrogen-bond acceptors (Lipinski definition) is 4. The molecule has 0 aromatic heterocycles. The minimum atomic E-state index is -3.07. The molecule has 152 valence electrons. The number of sulfone groups is 1. The van der Waals surface area contributed by atoms with Gasteiger partial charge in [-0.2, -0.15) is 4.99 Å². The predicted octanol–water partition coefficient (Wildman–Crippen LogP) is 3.54. The van der Waals surface area contributed by atoms with Crippen molar-refractivity contribution < 1.29 is 13.2 Å². The van der Waals surface area contributed by atoms with Crippen LogP contribution in [-0.4, -0.2) is 42.3 Å². The number of amides is 1. The number of carbonyl (C=O) groups excluding carboxylic acids is 1. The number of benzene rings is 2. The van der Waals surface area contributed by atoms with Crippen LogP contribution in [0.5, 0.6) is 0 Å². The first-order chi connectivity index (χ1) is 13.8. The molecule has 2 aliphatic heterocycles. The molecule has 0 spiro atoms. The van der Waals surface area contributed by atoms with E-state index in [1.165, 1.54) is 11.8 Å². The first-order valence-electron chi connectivity index (χ1n) is 9.72. The summed E-state index contributed by atoms with van der Waals surface area (Å²) in [5, 5.41) is 0.546. The van der Waals surface area contributed by atoms with Crippen LogP contribution in [0.3, 0.4) is 0 Å². The highest BCUT2D eigenvalue weighted by atomic mass is 32.2. The lowest BCUT2D eigenvalue weighted by molar-refractivity contribution is -0.117. The van der Waals surface area contributed by atoms with Crippen LogP contribution in [0, 0.1) is 13.8 Å². The molecule has 29 heavy (non-hydrogen) atoms. The molecule has 2 atom stereocenters. The average Bonchev–Trinajstić information content (AvgIpc) is 3.13. The fourth-order valence-corrected chi connectivity index (χ4v) is 7.99. The summed E-state index contributed by atoms with van der Waals surface area (Å²) in [6, 6.07) is 15.7. The van der Waals surface area contributed by atoms with Crippen molar-refractivity contribution in [3.05, 3.63) is 65.2 Å². The SMILES string of the molecule is Cc1cccc(C)c1N1C(=NC(=O)CCc2ccccc2)S[C@@H]2CS(=O)(=O)C[C@@H]21. The molecule has 0 N–H and O–H groups in total. The summed E-state index contributed by atoms with van der Waals surface area (Å²) < 4.78 is 24.5. The third-order valence-corrected chi connectivity index (χ3v) is 8.65. The average molecular weight is 429 g/mol. The lowest BCUT2D eigenvalue weighted by Gasteiger charge is -2.28. The van der Waals surface area contributed by atoms with Crippen molar-refractivity contribution in [2.45, 2.75) is 38.0 Å². The van der Waals surface area contributed by atoms with Crippen molar-refractivity contribution in [3.8, 4) is 0 Å². The largest absolute Gasteiger partial charge is 0.315 e. The van der Waals surface area contributed by atoms with Gasteiger partial charge in [0.2, 0.25) is 5.91 Å². The normalized spacial score (nSPS) is 24.1. The first kappa shape index (κ1) is 20.2.